The molecule has 1 atom stereocenters. The molecule has 0 bridgehead atoms. The number of hydrogen-bond acceptors (Lipinski definition) is 11. The topological polar surface area (TPSA) is 133 Å². The maximum Gasteiger partial charge on any atom is 0.457 e. The number of ether oxygens (including phenoxy) is 1. The van der Waals surface area contributed by atoms with E-state index in [1.807, 2.05) is 0 Å². The zero-order valence-corrected chi connectivity index (χ0v) is 40.6. The molecule has 362 valence electrons. The molecule has 0 saturated carbocycles. The number of benzene rings is 4. The van der Waals surface area contributed by atoms with Gasteiger partial charge in [0.1, 0.15) is 5.82 Å². The van der Waals surface area contributed by atoms with Gasteiger partial charge in [-0.1, -0.05) is 60.7 Å². The summed E-state index contributed by atoms with van der Waals surface area (Å²) >= 11 is 0. The Morgan fingerprint density at radius 2 is 1.02 bits per heavy atom. The van der Waals surface area contributed by atoms with E-state index >= 15 is 22.4 Å². The van der Waals surface area contributed by atoms with Gasteiger partial charge in [-0.2, -0.15) is 17.6 Å². The van der Waals surface area contributed by atoms with Crippen molar-refractivity contribution in [2.45, 2.75) is 129 Å². The van der Waals surface area contributed by atoms with Gasteiger partial charge in [-0.05, 0) is 148 Å². The molecule has 11 nitrogen and oxygen atoms in total. The predicted octanol–water partition coefficient (Wildman–Crippen LogP) is 13.8. The molecular formula is C48H59F5O11P2. The fourth-order valence-corrected chi connectivity index (χ4v) is 9.53. The number of aryl methyl sites for hydroxylation is 1. The van der Waals surface area contributed by atoms with E-state index in [2.05, 4.69) is 0 Å². The summed E-state index contributed by atoms with van der Waals surface area (Å²) in [6, 6.07) is 20.9. The molecule has 0 aliphatic rings. The number of esters is 1. The molecule has 66 heavy (non-hydrogen) atoms. The molecule has 0 heterocycles. The average Bonchev–Trinajstić information content (AvgIpc) is 3.24. The standard InChI is InChI=1S/C48H59F5O11P2/c1-11-58-65(56,59-12-2)47(50,51)39-23-15-34(16-24-39)14-13-31-46(42(54)36-21-29-41(49)30-22-36,38-27-19-37(20-28-38)43(55)60-33(3)4)32-35-17-25-40(26-18-35)48(52,53)66(57,63-61-44(5,6)7)64-62-45(8,9)10/h15-30,33H,11-14,31-32H2,1-10H3. The van der Waals surface area contributed by atoms with Crippen molar-refractivity contribution in [3.05, 3.63) is 142 Å². The Morgan fingerprint density at radius 3 is 1.45 bits per heavy atom. The van der Waals surface area contributed by atoms with E-state index in [0.29, 0.717) is 16.7 Å². The molecule has 0 aliphatic heterocycles. The highest BCUT2D eigenvalue weighted by Crippen LogP contribution is 2.68. The van der Waals surface area contributed by atoms with Crippen molar-refractivity contribution in [1.82, 2.24) is 0 Å². The lowest BCUT2D eigenvalue weighted by atomic mass is 9.67. The third-order valence-corrected chi connectivity index (χ3v) is 13.4. The summed E-state index contributed by atoms with van der Waals surface area (Å²) in [7, 11) is -10.4. The van der Waals surface area contributed by atoms with Crippen LogP contribution in [0.25, 0.3) is 0 Å². The Hall–Kier alpha value is -4.11. The van der Waals surface area contributed by atoms with E-state index in [0.717, 1.165) is 36.4 Å². The molecule has 0 N–H and O–H groups in total. The van der Waals surface area contributed by atoms with Gasteiger partial charge in [0.2, 0.25) is 0 Å². The van der Waals surface area contributed by atoms with Crippen molar-refractivity contribution in [2.75, 3.05) is 13.2 Å². The van der Waals surface area contributed by atoms with E-state index in [9.17, 15) is 18.3 Å². The molecule has 0 radical (unpaired) electrons. The van der Waals surface area contributed by atoms with Crippen LogP contribution in [0.3, 0.4) is 0 Å². The lowest BCUT2D eigenvalue weighted by molar-refractivity contribution is -0.334. The van der Waals surface area contributed by atoms with Crippen molar-refractivity contribution in [3.8, 4) is 0 Å². The summed E-state index contributed by atoms with van der Waals surface area (Å²) in [5.41, 5.74) is -11.9. The monoisotopic (exact) mass is 968 g/mol. The van der Waals surface area contributed by atoms with Gasteiger partial charge in [0.05, 0.1) is 41.5 Å². The van der Waals surface area contributed by atoms with E-state index in [1.54, 1.807) is 26.0 Å². The third-order valence-electron chi connectivity index (χ3n) is 9.79. The summed E-state index contributed by atoms with van der Waals surface area (Å²) in [6.07, 6.45) is -0.0126. The van der Waals surface area contributed by atoms with Crippen LogP contribution < -0.4 is 0 Å². The van der Waals surface area contributed by atoms with Crippen molar-refractivity contribution >= 4 is 26.9 Å². The number of hydrogen-bond donors (Lipinski definition) is 0. The van der Waals surface area contributed by atoms with Crippen LogP contribution in [-0.4, -0.2) is 42.3 Å². The van der Waals surface area contributed by atoms with Crippen molar-refractivity contribution < 1.29 is 73.6 Å². The molecule has 0 aliphatic carbocycles. The number of carbonyl (C=O) groups excluding carboxylic acids is 2. The normalized spacial score (nSPS) is 14.0. The molecule has 0 amide bonds. The highest BCUT2D eigenvalue weighted by atomic mass is 31.2. The first-order valence-electron chi connectivity index (χ1n) is 21.4. The smallest absolute Gasteiger partial charge is 0.457 e. The molecule has 4 aromatic rings. The fourth-order valence-electron chi connectivity index (χ4n) is 6.67. The van der Waals surface area contributed by atoms with E-state index in [4.69, 9.17) is 32.9 Å². The summed E-state index contributed by atoms with van der Waals surface area (Å²) in [5.74, 6) is -1.68. The second-order valence-electron chi connectivity index (χ2n) is 17.8. The van der Waals surface area contributed by atoms with Crippen molar-refractivity contribution in [3.63, 3.8) is 0 Å². The number of halogens is 5. The van der Waals surface area contributed by atoms with Gasteiger partial charge < -0.3 is 13.8 Å². The average molecular weight is 969 g/mol. The van der Waals surface area contributed by atoms with Gasteiger partial charge in [0.25, 0.3) is 0 Å². The van der Waals surface area contributed by atoms with Gasteiger partial charge in [0, 0.05) is 16.7 Å². The second kappa shape index (κ2) is 21.9. The summed E-state index contributed by atoms with van der Waals surface area (Å²) < 4.78 is 130. The van der Waals surface area contributed by atoms with E-state index in [-0.39, 0.29) is 50.0 Å². The van der Waals surface area contributed by atoms with Crippen LogP contribution in [0.15, 0.2) is 97.1 Å². The SMILES string of the molecule is CCOP(=O)(OCC)C(F)(F)c1ccc(CCCC(Cc2ccc(C(F)(F)P(=O)(OOC(C)(C)C)OOC(C)(C)C)cc2)(C(=O)c2ccc(F)cc2)c2ccc(C(=O)OC(C)C)cc2)cc1. The number of rotatable bonds is 23. The number of ketones is 1. The summed E-state index contributed by atoms with van der Waals surface area (Å²) in [6.45, 7) is 14.6. The minimum absolute atomic E-state index is 0.0594. The Kier molecular flexibility index (Phi) is 18.1. The summed E-state index contributed by atoms with van der Waals surface area (Å²) in [5, 5.41) is 0. The van der Waals surface area contributed by atoms with Crippen molar-refractivity contribution in [1.29, 1.82) is 0 Å². The first-order valence-corrected chi connectivity index (χ1v) is 24.5. The lowest BCUT2D eigenvalue weighted by Crippen LogP contribution is -2.39. The van der Waals surface area contributed by atoms with E-state index in [1.165, 1.54) is 104 Å². The van der Waals surface area contributed by atoms with Gasteiger partial charge in [-0.15, -0.1) is 9.35 Å². The first-order chi connectivity index (χ1) is 30.6. The number of carbonyl (C=O) groups is 2. The number of Topliss-reactive ketones (excluding diaryl/α,β-unsaturated/α-hetero) is 1. The Bertz CT molecular complexity index is 2300. The largest absolute Gasteiger partial charge is 0.459 e. The minimum atomic E-state index is -5.56. The van der Waals surface area contributed by atoms with Crippen LogP contribution in [0, 0.1) is 5.82 Å². The molecular weight excluding hydrogens is 909 g/mol. The second-order valence-corrected chi connectivity index (χ2v) is 21.8. The van der Waals surface area contributed by atoms with Crippen LogP contribution in [-0.2, 0) is 71.6 Å². The summed E-state index contributed by atoms with van der Waals surface area (Å²) in [4.78, 5) is 38.0. The molecule has 0 aromatic heterocycles. The first kappa shape index (κ1) is 54.5. The lowest BCUT2D eigenvalue weighted by Gasteiger charge is -2.34. The molecule has 0 fully saturated rings. The third kappa shape index (κ3) is 13.5. The maximum atomic E-state index is 16.3. The Balaban J connectivity index is 1.81. The van der Waals surface area contributed by atoms with Gasteiger partial charge >= 0.3 is 32.5 Å². The van der Waals surface area contributed by atoms with Crippen molar-refractivity contribution in [2.24, 2.45) is 0 Å². The molecule has 4 aromatic carbocycles. The maximum absolute atomic E-state index is 16.3. The van der Waals surface area contributed by atoms with Crippen LogP contribution >= 0.6 is 15.2 Å². The zero-order valence-electron chi connectivity index (χ0n) is 38.8. The fraction of sp³-hybridized carbons (Fsp3) is 0.458. The highest BCUT2D eigenvalue weighted by molar-refractivity contribution is 7.54. The predicted molar refractivity (Wildman–Crippen MR) is 239 cm³/mol. The Labute approximate surface area is 383 Å². The molecule has 18 heteroatoms. The van der Waals surface area contributed by atoms with Crippen LogP contribution in [0.1, 0.15) is 131 Å². The van der Waals surface area contributed by atoms with Gasteiger partial charge in [-0.25, -0.2) is 23.5 Å². The molecule has 0 saturated heterocycles. The van der Waals surface area contributed by atoms with Gasteiger partial charge in [0.15, 0.2) is 5.78 Å². The minimum Gasteiger partial charge on any atom is -0.459 e. The molecule has 0 spiro atoms. The Morgan fingerprint density at radius 1 is 0.591 bits per heavy atom. The molecule has 1 unspecified atom stereocenters. The molecule has 4 rings (SSSR count). The zero-order chi connectivity index (χ0) is 49.4. The van der Waals surface area contributed by atoms with E-state index < -0.39 is 77.9 Å². The highest BCUT2D eigenvalue weighted by Gasteiger charge is 2.59. The van der Waals surface area contributed by atoms with Gasteiger partial charge in [-0.3, -0.25) is 9.36 Å². The van der Waals surface area contributed by atoms with Crippen LogP contribution in [0.5, 0.6) is 0 Å². The quantitative estimate of drug-likeness (QED) is 0.0176. The number of alkyl halides is 4. The van der Waals surface area contributed by atoms with Crippen LogP contribution in [0.2, 0.25) is 0 Å². The van der Waals surface area contributed by atoms with Crippen LogP contribution in [0.4, 0.5) is 22.0 Å².